The summed E-state index contributed by atoms with van der Waals surface area (Å²) in [4.78, 5) is 43.3. The molecule has 10 nitrogen and oxygen atoms in total. The number of hydrogen-bond acceptors (Lipinski definition) is 7. The number of esters is 1. The van der Waals surface area contributed by atoms with Gasteiger partial charge in [0.15, 0.2) is 0 Å². The van der Waals surface area contributed by atoms with Gasteiger partial charge in [0.2, 0.25) is 5.62 Å². The molecule has 4 aromatic rings. The number of furan rings is 1. The van der Waals surface area contributed by atoms with Crippen LogP contribution in [0.5, 0.6) is 0 Å². The zero-order valence-electron chi connectivity index (χ0n) is 20.8. The maximum Gasteiger partial charge on any atom is 0.354 e. The fourth-order valence-electron chi connectivity index (χ4n) is 4.09. The molecule has 2 N–H and O–H groups in total. The molecule has 37 heavy (non-hydrogen) atoms. The molecule has 0 aliphatic heterocycles. The summed E-state index contributed by atoms with van der Waals surface area (Å²) in [6.07, 6.45) is 1.58. The second-order valence-electron chi connectivity index (χ2n) is 8.74. The van der Waals surface area contributed by atoms with Crippen LogP contribution in [0.25, 0.3) is 11.0 Å². The van der Waals surface area contributed by atoms with Crippen molar-refractivity contribution in [3.63, 3.8) is 0 Å². The van der Waals surface area contributed by atoms with Crippen molar-refractivity contribution in [1.82, 2.24) is 13.8 Å². The molecule has 2 aromatic carbocycles. The van der Waals surface area contributed by atoms with Gasteiger partial charge in [-0.1, -0.05) is 30.7 Å². The van der Waals surface area contributed by atoms with Crippen LogP contribution in [0.3, 0.4) is 0 Å². The average Bonchev–Trinajstić information content (AvgIpc) is 3.27. The van der Waals surface area contributed by atoms with E-state index in [1.165, 1.54) is 11.7 Å². The molecule has 0 aliphatic rings. The quantitative estimate of drug-likeness (QED) is 0.278. The molecule has 0 saturated heterocycles. The fourth-order valence-corrected chi connectivity index (χ4v) is 4.21. The summed E-state index contributed by atoms with van der Waals surface area (Å²) < 4.78 is 13.6. The van der Waals surface area contributed by atoms with Gasteiger partial charge >= 0.3 is 17.3 Å². The molecule has 0 amide bonds. The van der Waals surface area contributed by atoms with Crippen molar-refractivity contribution in [2.45, 2.75) is 45.7 Å². The number of ether oxygens (including phenoxy) is 1. The van der Waals surface area contributed by atoms with Crippen LogP contribution >= 0.6 is 11.6 Å². The van der Waals surface area contributed by atoms with Crippen molar-refractivity contribution in [3.05, 3.63) is 91.5 Å². The van der Waals surface area contributed by atoms with E-state index >= 15 is 0 Å². The number of nitrogens with two attached hydrogens (primary N) is 1. The van der Waals surface area contributed by atoms with E-state index in [4.69, 9.17) is 26.6 Å². The van der Waals surface area contributed by atoms with Crippen molar-refractivity contribution in [2.24, 2.45) is 4.99 Å². The largest absolute Gasteiger partial charge is 0.469 e. The lowest BCUT2D eigenvalue weighted by molar-refractivity contribution is -0.141. The smallest absolute Gasteiger partial charge is 0.354 e. The molecular weight excluding hydrogens is 498 g/mol. The first-order valence-corrected chi connectivity index (χ1v) is 12.2. The summed E-state index contributed by atoms with van der Waals surface area (Å²) in [6.45, 7) is 3.71. The minimum Gasteiger partial charge on any atom is -0.469 e. The Labute approximate surface area is 217 Å². The maximum absolute atomic E-state index is 13.6. The number of benzene rings is 2. The maximum atomic E-state index is 13.6. The number of nitrogen functional groups attached to an aromatic ring is 1. The van der Waals surface area contributed by atoms with Crippen molar-refractivity contribution in [2.75, 3.05) is 13.0 Å². The van der Waals surface area contributed by atoms with Gasteiger partial charge in [0.1, 0.15) is 11.3 Å². The highest BCUT2D eigenvalue weighted by atomic mass is 35.5. The zero-order chi connectivity index (χ0) is 26.7. The lowest BCUT2D eigenvalue weighted by Gasteiger charge is -2.18. The Bertz CT molecular complexity index is 1630. The van der Waals surface area contributed by atoms with Crippen LogP contribution in [0.2, 0.25) is 5.02 Å². The summed E-state index contributed by atoms with van der Waals surface area (Å²) in [5.74, 6) is 6.52. The number of carbonyl (C=O) groups excluding carboxylic acids is 1. The normalized spacial score (nSPS) is 12.7. The first kappa shape index (κ1) is 26.0. The minimum atomic E-state index is -0.804. The van der Waals surface area contributed by atoms with Crippen molar-refractivity contribution in [3.8, 4) is 0 Å². The molecule has 2 aromatic heterocycles. The Morgan fingerprint density at radius 2 is 1.86 bits per heavy atom. The van der Waals surface area contributed by atoms with Crippen LogP contribution in [-0.4, -0.2) is 26.9 Å². The van der Waals surface area contributed by atoms with Gasteiger partial charge in [-0.2, -0.15) is 4.68 Å². The zero-order valence-corrected chi connectivity index (χ0v) is 21.6. The SMILES string of the molecule is CCCc1cc2cc(N=c3n(N)c(=O)n([C@@H](C)CC(=O)OC)c(=O)n3Cc3ccc(Cl)cc3)ccc2o1. The third-order valence-electron chi connectivity index (χ3n) is 5.97. The highest BCUT2D eigenvalue weighted by Gasteiger charge is 2.20. The van der Waals surface area contributed by atoms with Crippen LogP contribution in [0.4, 0.5) is 5.69 Å². The first-order valence-electron chi connectivity index (χ1n) is 11.8. The van der Waals surface area contributed by atoms with E-state index in [-0.39, 0.29) is 18.6 Å². The highest BCUT2D eigenvalue weighted by molar-refractivity contribution is 6.30. The predicted molar refractivity (Wildman–Crippen MR) is 140 cm³/mol. The number of fused-ring (bicyclic) bond motifs is 1. The van der Waals surface area contributed by atoms with Gasteiger partial charge in [-0.3, -0.25) is 9.36 Å². The Morgan fingerprint density at radius 3 is 2.54 bits per heavy atom. The lowest BCUT2D eigenvalue weighted by atomic mass is 10.2. The molecule has 194 valence electrons. The predicted octanol–water partition coefficient (Wildman–Crippen LogP) is 3.28. The Kier molecular flexibility index (Phi) is 7.68. The Morgan fingerprint density at radius 1 is 1.14 bits per heavy atom. The van der Waals surface area contributed by atoms with Crippen molar-refractivity contribution >= 4 is 34.2 Å². The molecule has 0 aliphatic carbocycles. The molecule has 1 atom stereocenters. The van der Waals surface area contributed by atoms with Gasteiger partial charge in [0.05, 0.1) is 31.8 Å². The van der Waals surface area contributed by atoms with Gasteiger partial charge < -0.3 is 15.0 Å². The van der Waals surface area contributed by atoms with Gasteiger partial charge in [-0.15, -0.1) is 0 Å². The van der Waals surface area contributed by atoms with Crippen LogP contribution in [0, 0.1) is 0 Å². The van der Waals surface area contributed by atoms with E-state index in [9.17, 15) is 14.4 Å². The van der Waals surface area contributed by atoms with Gasteiger partial charge in [-0.25, -0.2) is 19.1 Å². The van der Waals surface area contributed by atoms with Gasteiger partial charge in [0, 0.05) is 16.8 Å². The summed E-state index contributed by atoms with van der Waals surface area (Å²) >= 11 is 6.02. The second-order valence-corrected chi connectivity index (χ2v) is 9.18. The first-order chi connectivity index (χ1) is 17.7. The fraction of sp³-hybridized carbons (Fsp3) is 0.308. The third kappa shape index (κ3) is 5.54. The second kappa shape index (κ2) is 10.9. The molecule has 0 unspecified atom stereocenters. The number of nitrogens with zero attached hydrogens (tertiary/aromatic N) is 4. The summed E-state index contributed by atoms with van der Waals surface area (Å²) in [7, 11) is 1.24. The van der Waals surface area contributed by atoms with Crippen LogP contribution < -0.4 is 22.8 Å². The van der Waals surface area contributed by atoms with Crippen LogP contribution in [0.1, 0.15) is 44.1 Å². The van der Waals surface area contributed by atoms with E-state index in [0.29, 0.717) is 16.3 Å². The number of hydrogen-bond donors (Lipinski definition) is 1. The number of aryl methyl sites for hydroxylation is 1. The number of halogens is 1. The number of methoxy groups -OCH3 is 1. The van der Waals surface area contributed by atoms with Crippen LogP contribution in [0.15, 0.2) is 67.5 Å². The third-order valence-corrected chi connectivity index (χ3v) is 6.22. The van der Waals surface area contributed by atoms with Gasteiger partial charge in [-0.05, 0) is 55.3 Å². The highest BCUT2D eigenvalue weighted by Crippen LogP contribution is 2.25. The van der Waals surface area contributed by atoms with Crippen molar-refractivity contribution in [1.29, 1.82) is 0 Å². The summed E-state index contributed by atoms with van der Waals surface area (Å²) in [5.41, 5.74) is 0.424. The Hall–Kier alpha value is -4.05. The van der Waals surface area contributed by atoms with Crippen molar-refractivity contribution < 1.29 is 13.9 Å². The standard InChI is InChI=1S/C26H28ClN5O5/c1-4-5-21-14-18-13-20(10-11-22(18)37-21)29-24-30(15-17-6-8-19(27)9-7-17)25(34)31(26(35)32(24)28)16(2)12-23(33)36-3/h6-11,13-14,16H,4-5,12,15,28H2,1-3H3/t16-/m0/s1. The molecule has 0 spiro atoms. The number of rotatable bonds is 8. The molecule has 0 fully saturated rings. The molecular formula is C26H28ClN5O5. The monoisotopic (exact) mass is 525 g/mol. The molecule has 0 bridgehead atoms. The van der Waals surface area contributed by atoms with E-state index in [0.717, 1.165) is 38.8 Å². The Balaban J connectivity index is 1.92. The van der Waals surface area contributed by atoms with Crippen LogP contribution in [-0.2, 0) is 22.5 Å². The minimum absolute atomic E-state index is 0.0527. The molecule has 4 rings (SSSR count). The number of carbonyl (C=O) groups is 1. The van der Waals surface area contributed by atoms with E-state index in [1.54, 1.807) is 49.4 Å². The van der Waals surface area contributed by atoms with E-state index < -0.39 is 23.4 Å². The lowest BCUT2D eigenvalue weighted by Crippen LogP contribution is -2.58. The van der Waals surface area contributed by atoms with E-state index in [2.05, 4.69) is 11.9 Å². The van der Waals surface area contributed by atoms with E-state index in [1.807, 2.05) is 6.07 Å². The summed E-state index contributed by atoms with van der Waals surface area (Å²) in [5, 5.41) is 1.39. The molecule has 0 radical (unpaired) electrons. The molecule has 0 saturated carbocycles. The average molecular weight is 526 g/mol. The topological polar surface area (TPSA) is 127 Å². The summed E-state index contributed by atoms with van der Waals surface area (Å²) in [6, 6.07) is 13.4. The molecule has 11 heteroatoms. The van der Waals surface area contributed by atoms with Gasteiger partial charge in [0.25, 0.3) is 0 Å². The number of aromatic nitrogens is 3. The molecule has 2 heterocycles.